The van der Waals surface area contributed by atoms with E-state index in [0.29, 0.717) is 25.7 Å². The molecule has 4 amide bonds. The van der Waals surface area contributed by atoms with E-state index in [1.807, 2.05) is 41.5 Å². The molecule has 10 heteroatoms. The average Bonchev–Trinajstić information content (AvgIpc) is 2.72. The number of nitrogens with one attached hydrogen (secondary N) is 4. The van der Waals surface area contributed by atoms with Crippen LogP contribution in [0.4, 0.5) is 9.59 Å². The number of hydrogen-bond acceptors (Lipinski definition) is 6. The topological polar surface area (TPSA) is 135 Å². The van der Waals surface area contributed by atoms with Crippen LogP contribution in [0.2, 0.25) is 0 Å². The van der Waals surface area contributed by atoms with Crippen molar-refractivity contribution in [2.24, 2.45) is 0 Å². The minimum absolute atomic E-state index is 0.0472. The lowest BCUT2D eigenvalue weighted by Gasteiger charge is -2.30. The molecule has 0 radical (unpaired) electrons. The molecule has 0 aliphatic heterocycles. The molecular formula is C26H44N4O6. The summed E-state index contributed by atoms with van der Waals surface area (Å²) in [5.74, 6) is -1.15. The van der Waals surface area contributed by atoms with E-state index in [1.165, 1.54) is 0 Å². The van der Waals surface area contributed by atoms with Gasteiger partial charge in [0.2, 0.25) is 0 Å². The summed E-state index contributed by atoms with van der Waals surface area (Å²) in [6, 6.07) is -0.294. The fraction of sp³-hybridized carbons (Fsp3) is 0.769. The molecule has 0 aromatic heterocycles. The molecule has 0 spiro atoms. The summed E-state index contributed by atoms with van der Waals surface area (Å²) in [5, 5.41) is 11.7. The fourth-order valence-corrected chi connectivity index (χ4v) is 4.32. The van der Waals surface area contributed by atoms with Crippen LogP contribution < -0.4 is 21.3 Å². The van der Waals surface area contributed by atoms with Crippen molar-refractivity contribution in [3.8, 4) is 0 Å². The van der Waals surface area contributed by atoms with Crippen molar-refractivity contribution in [1.29, 1.82) is 0 Å². The lowest BCUT2D eigenvalue weighted by atomic mass is 9.93. The van der Waals surface area contributed by atoms with E-state index >= 15 is 0 Å². The van der Waals surface area contributed by atoms with Crippen LogP contribution in [0.3, 0.4) is 0 Å². The van der Waals surface area contributed by atoms with E-state index in [9.17, 15) is 19.2 Å². The van der Waals surface area contributed by atoms with Crippen LogP contribution in [0, 0.1) is 0 Å². The maximum atomic E-state index is 12.1. The van der Waals surface area contributed by atoms with E-state index < -0.39 is 11.9 Å². The second kappa shape index (κ2) is 13.0. The summed E-state index contributed by atoms with van der Waals surface area (Å²) in [7, 11) is 0. The van der Waals surface area contributed by atoms with Crippen molar-refractivity contribution in [1.82, 2.24) is 21.3 Å². The highest BCUT2D eigenvalue weighted by atomic mass is 16.5. The number of ether oxygens (including phenoxy) is 2. The lowest BCUT2D eigenvalue weighted by Crippen LogP contribution is -2.50. The first-order valence-electron chi connectivity index (χ1n) is 13.0. The molecule has 0 unspecified atom stereocenters. The van der Waals surface area contributed by atoms with Gasteiger partial charge in [0.15, 0.2) is 0 Å². The molecule has 2 aliphatic carbocycles. The third-order valence-corrected chi connectivity index (χ3v) is 5.92. The Labute approximate surface area is 214 Å². The van der Waals surface area contributed by atoms with Crippen molar-refractivity contribution in [3.63, 3.8) is 0 Å². The third-order valence-electron chi connectivity index (χ3n) is 5.92. The zero-order valence-electron chi connectivity index (χ0n) is 22.6. The molecule has 0 bridgehead atoms. The summed E-state index contributed by atoms with van der Waals surface area (Å²) in [5.41, 5.74) is -0.601. The van der Waals surface area contributed by atoms with Crippen LogP contribution in [0.15, 0.2) is 12.2 Å². The summed E-state index contributed by atoms with van der Waals surface area (Å²) in [6.45, 7) is 11.5. The van der Waals surface area contributed by atoms with E-state index in [1.54, 1.807) is 0 Å². The Hall–Kier alpha value is -2.78. The molecule has 2 fully saturated rings. The second-order valence-corrected chi connectivity index (χ2v) is 11.9. The Morgan fingerprint density at radius 1 is 0.583 bits per heavy atom. The van der Waals surface area contributed by atoms with Crippen molar-refractivity contribution in [3.05, 3.63) is 12.2 Å². The van der Waals surface area contributed by atoms with Crippen LogP contribution >= 0.6 is 0 Å². The molecule has 0 atom stereocenters. The molecule has 36 heavy (non-hydrogen) atoms. The van der Waals surface area contributed by atoms with E-state index in [4.69, 9.17) is 9.47 Å². The fourth-order valence-electron chi connectivity index (χ4n) is 4.32. The highest BCUT2D eigenvalue weighted by Gasteiger charge is 2.27. The largest absolute Gasteiger partial charge is 0.459 e. The lowest BCUT2D eigenvalue weighted by molar-refractivity contribution is -0.147. The van der Waals surface area contributed by atoms with Crippen LogP contribution in [0.5, 0.6) is 0 Å². The van der Waals surface area contributed by atoms with Gasteiger partial charge in [-0.3, -0.25) is 0 Å². The quantitative estimate of drug-likeness (QED) is 0.321. The zero-order valence-corrected chi connectivity index (χ0v) is 22.6. The van der Waals surface area contributed by atoms with Crippen molar-refractivity contribution in [2.45, 2.75) is 128 Å². The molecule has 2 saturated carbocycles. The molecule has 0 heterocycles. The molecule has 2 aliphatic rings. The van der Waals surface area contributed by atoms with Crippen LogP contribution in [-0.2, 0) is 19.1 Å². The molecule has 0 aromatic rings. The number of hydrogen-bond donors (Lipinski definition) is 4. The van der Waals surface area contributed by atoms with Crippen molar-refractivity contribution < 1.29 is 28.7 Å². The van der Waals surface area contributed by atoms with Gasteiger partial charge in [-0.1, -0.05) is 0 Å². The number of carbonyl (C=O) groups is 4. The minimum atomic E-state index is -0.577. The van der Waals surface area contributed by atoms with Gasteiger partial charge in [0.1, 0.15) is 12.2 Å². The van der Waals surface area contributed by atoms with Gasteiger partial charge in [-0.2, -0.15) is 0 Å². The Kier molecular flexibility index (Phi) is 10.6. The zero-order chi connectivity index (χ0) is 26.9. The van der Waals surface area contributed by atoms with Gasteiger partial charge in [0.05, 0.1) is 0 Å². The highest BCUT2D eigenvalue weighted by molar-refractivity contribution is 5.91. The van der Waals surface area contributed by atoms with E-state index in [0.717, 1.165) is 37.8 Å². The number of rotatable bonds is 6. The van der Waals surface area contributed by atoms with Crippen LogP contribution in [0.1, 0.15) is 92.9 Å². The predicted molar refractivity (Wildman–Crippen MR) is 136 cm³/mol. The number of esters is 2. The Balaban J connectivity index is 1.62. The molecular weight excluding hydrogens is 464 g/mol. The SMILES string of the molecule is CC(C)(C)NC(=O)NC1CCC(OC(=O)/C=C/C(=O)OC2CCC(NC(=O)NC(C)(C)C)CC2)CC1. The number of urea groups is 2. The van der Waals surface area contributed by atoms with Gasteiger partial charge < -0.3 is 30.7 Å². The minimum Gasteiger partial charge on any atom is -0.459 e. The molecule has 2 rings (SSSR count). The van der Waals surface area contributed by atoms with Crippen molar-refractivity contribution in [2.75, 3.05) is 0 Å². The number of carbonyl (C=O) groups excluding carboxylic acids is 4. The molecule has 0 aromatic carbocycles. The summed E-state index contributed by atoms with van der Waals surface area (Å²) >= 11 is 0. The van der Waals surface area contributed by atoms with Gasteiger partial charge in [-0.25, -0.2) is 19.2 Å². The monoisotopic (exact) mass is 508 g/mol. The Morgan fingerprint density at radius 2 is 0.889 bits per heavy atom. The van der Waals surface area contributed by atoms with Gasteiger partial charge in [0.25, 0.3) is 0 Å². The molecule has 204 valence electrons. The van der Waals surface area contributed by atoms with Gasteiger partial charge in [0, 0.05) is 35.3 Å². The standard InChI is InChI=1S/C26H44N4O6/c1-25(2,3)29-23(33)27-17-7-11-19(12-8-17)35-21(31)15-16-22(32)36-20-13-9-18(10-14-20)28-24(34)30-26(4,5)6/h15-20H,7-14H2,1-6H3,(H2,27,29,33)(H2,28,30,34)/b16-15+. The first-order chi connectivity index (χ1) is 16.7. The Bertz CT molecular complexity index is 732. The molecule has 10 nitrogen and oxygen atoms in total. The first-order valence-corrected chi connectivity index (χ1v) is 13.0. The van der Waals surface area contributed by atoms with E-state index in [2.05, 4.69) is 21.3 Å². The van der Waals surface area contributed by atoms with Crippen molar-refractivity contribution >= 4 is 24.0 Å². The summed E-state index contributed by atoms with van der Waals surface area (Å²) in [4.78, 5) is 48.3. The maximum Gasteiger partial charge on any atom is 0.331 e. The molecule has 0 saturated heterocycles. The maximum absolute atomic E-state index is 12.1. The summed E-state index contributed by atoms with van der Waals surface area (Å²) in [6.07, 6.45) is 7.21. The second-order valence-electron chi connectivity index (χ2n) is 11.9. The molecule has 4 N–H and O–H groups in total. The first kappa shape index (κ1) is 29.5. The summed E-state index contributed by atoms with van der Waals surface area (Å²) < 4.78 is 10.9. The van der Waals surface area contributed by atoms with Gasteiger partial charge >= 0.3 is 24.0 Å². The smallest absolute Gasteiger partial charge is 0.331 e. The highest BCUT2D eigenvalue weighted by Crippen LogP contribution is 2.23. The average molecular weight is 509 g/mol. The van der Waals surface area contributed by atoms with Crippen LogP contribution in [-0.4, -0.2) is 59.4 Å². The van der Waals surface area contributed by atoms with Gasteiger partial charge in [-0.05, 0) is 92.9 Å². The third kappa shape index (κ3) is 12.3. The van der Waals surface area contributed by atoms with Gasteiger partial charge in [-0.15, -0.1) is 0 Å². The van der Waals surface area contributed by atoms with Crippen LogP contribution in [0.25, 0.3) is 0 Å². The normalized spacial score (nSPS) is 24.9. The predicted octanol–water partition coefficient (Wildman–Crippen LogP) is 3.45. The van der Waals surface area contributed by atoms with E-state index in [-0.39, 0.29) is 47.4 Å². The number of amides is 4. The Morgan fingerprint density at radius 3 is 1.17 bits per heavy atom.